The van der Waals surface area contributed by atoms with Crippen LogP contribution in [0.2, 0.25) is 0 Å². The van der Waals surface area contributed by atoms with Gasteiger partial charge in [0.25, 0.3) is 11.8 Å². The third-order valence-electron chi connectivity index (χ3n) is 5.70. The molecule has 0 fully saturated rings. The lowest BCUT2D eigenvalue weighted by molar-refractivity contribution is 0.0564. The van der Waals surface area contributed by atoms with Gasteiger partial charge in [0.2, 0.25) is 0 Å². The topological polar surface area (TPSA) is 40.6 Å². The van der Waals surface area contributed by atoms with Crippen LogP contribution in [0.3, 0.4) is 0 Å². The smallest absolute Gasteiger partial charge is 0.261 e. The Hall–Kier alpha value is -3.92. The second-order valence-electron chi connectivity index (χ2n) is 7.94. The van der Waals surface area contributed by atoms with Crippen molar-refractivity contribution >= 4 is 39.6 Å². The number of hydrogen-bond acceptors (Lipinski definition) is 3. The molecule has 0 spiro atoms. The van der Waals surface area contributed by atoms with Gasteiger partial charge in [-0.3, -0.25) is 14.5 Å². The highest BCUT2D eigenvalue weighted by molar-refractivity contribution is 6.27. The van der Waals surface area contributed by atoms with E-state index in [-0.39, 0.29) is 17.9 Å². The molecule has 4 heteroatoms. The Kier molecular flexibility index (Phi) is 4.55. The van der Waals surface area contributed by atoms with Crippen LogP contribution in [0, 0.1) is 0 Å². The number of carbonyl (C=O) groups is 2. The van der Waals surface area contributed by atoms with E-state index in [4.69, 9.17) is 0 Å². The van der Waals surface area contributed by atoms with Gasteiger partial charge in [-0.25, -0.2) is 0 Å². The number of hydrogen-bond donors (Lipinski definition) is 0. The SMILES string of the molecule is CC(C)N1C(=O)c2cccc3c(N(c4ccccc4)c4ccccc4)ccc(c23)C1=O. The molecule has 0 saturated heterocycles. The zero-order valence-electron chi connectivity index (χ0n) is 17.4. The maximum Gasteiger partial charge on any atom is 0.261 e. The first-order chi connectivity index (χ1) is 15.1. The Morgan fingerprint density at radius 2 is 1.19 bits per heavy atom. The fourth-order valence-electron chi connectivity index (χ4n) is 4.34. The van der Waals surface area contributed by atoms with Gasteiger partial charge in [0.15, 0.2) is 0 Å². The highest BCUT2D eigenvalue weighted by Gasteiger charge is 2.35. The Labute approximate surface area is 181 Å². The number of nitrogens with zero attached hydrogens (tertiary/aromatic N) is 2. The summed E-state index contributed by atoms with van der Waals surface area (Å²) in [6, 6.07) is 29.5. The average molecular weight is 406 g/mol. The summed E-state index contributed by atoms with van der Waals surface area (Å²) >= 11 is 0. The molecule has 4 aromatic carbocycles. The van der Waals surface area contributed by atoms with E-state index >= 15 is 0 Å². The van der Waals surface area contributed by atoms with Gasteiger partial charge in [-0.15, -0.1) is 0 Å². The van der Waals surface area contributed by atoms with Crippen LogP contribution in [0.15, 0.2) is 91.0 Å². The fraction of sp³-hybridized carbons (Fsp3) is 0.111. The number of rotatable bonds is 4. The first-order valence-electron chi connectivity index (χ1n) is 10.4. The van der Waals surface area contributed by atoms with Crippen LogP contribution in [-0.2, 0) is 0 Å². The summed E-state index contributed by atoms with van der Waals surface area (Å²) in [6.45, 7) is 3.73. The van der Waals surface area contributed by atoms with Crippen molar-refractivity contribution in [3.8, 4) is 0 Å². The normalized spacial score (nSPS) is 13.2. The zero-order valence-corrected chi connectivity index (χ0v) is 17.4. The van der Waals surface area contributed by atoms with Gasteiger partial charge in [0.05, 0.1) is 5.69 Å². The summed E-state index contributed by atoms with van der Waals surface area (Å²) < 4.78 is 0. The number of anilines is 3. The lowest BCUT2D eigenvalue weighted by Crippen LogP contribution is -2.44. The molecule has 0 bridgehead atoms. The minimum absolute atomic E-state index is 0.201. The summed E-state index contributed by atoms with van der Waals surface area (Å²) in [5, 5.41) is 1.61. The summed E-state index contributed by atoms with van der Waals surface area (Å²) in [6.07, 6.45) is 0. The highest BCUT2D eigenvalue weighted by atomic mass is 16.2. The molecule has 1 aliphatic rings. The van der Waals surface area contributed by atoms with E-state index in [2.05, 4.69) is 29.2 Å². The van der Waals surface area contributed by atoms with Gasteiger partial charge in [0, 0.05) is 39.3 Å². The number of para-hydroxylation sites is 2. The second-order valence-corrected chi connectivity index (χ2v) is 7.94. The molecule has 0 atom stereocenters. The van der Waals surface area contributed by atoms with Crippen LogP contribution in [0.5, 0.6) is 0 Å². The van der Waals surface area contributed by atoms with E-state index < -0.39 is 0 Å². The van der Waals surface area contributed by atoms with Gasteiger partial charge in [-0.1, -0.05) is 48.5 Å². The number of carbonyl (C=O) groups excluding carboxylic acids is 2. The van der Waals surface area contributed by atoms with E-state index in [0.717, 1.165) is 27.8 Å². The molecule has 1 aliphatic heterocycles. The van der Waals surface area contributed by atoms with Crippen LogP contribution < -0.4 is 4.90 Å². The van der Waals surface area contributed by atoms with Gasteiger partial charge < -0.3 is 4.90 Å². The molecule has 2 amide bonds. The predicted octanol–water partition coefficient (Wildman–Crippen LogP) is 6.31. The van der Waals surface area contributed by atoms with Gasteiger partial charge in [-0.2, -0.15) is 0 Å². The van der Waals surface area contributed by atoms with Crippen LogP contribution in [0.1, 0.15) is 34.6 Å². The van der Waals surface area contributed by atoms with Crippen LogP contribution in [0.4, 0.5) is 17.1 Å². The maximum absolute atomic E-state index is 13.2. The second kappa shape index (κ2) is 7.40. The lowest BCUT2D eigenvalue weighted by Gasteiger charge is -2.32. The summed E-state index contributed by atoms with van der Waals surface area (Å²) in [5.41, 5.74) is 4.09. The molecule has 0 saturated carbocycles. The summed E-state index contributed by atoms with van der Waals surface area (Å²) in [5.74, 6) is -0.470. The molecule has 31 heavy (non-hydrogen) atoms. The Morgan fingerprint density at radius 1 is 0.645 bits per heavy atom. The van der Waals surface area contributed by atoms with E-state index in [9.17, 15) is 9.59 Å². The number of benzene rings is 4. The van der Waals surface area contributed by atoms with Crippen molar-refractivity contribution in [1.29, 1.82) is 0 Å². The quantitative estimate of drug-likeness (QED) is 0.373. The number of amides is 2. The summed E-state index contributed by atoms with van der Waals surface area (Å²) in [7, 11) is 0. The van der Waals surface area contributed by atoms with Crippen molar-refractivity contribution in [1.82, 2.24) is 4.90 Å². The number of imide groups is 1. The minimum atomic E-state index is -0.235. The average Bonchev–Trinajstić information content (AvgIpc) is 2.79. The van der Waals surface area contributed by atoms with Gasteiger partial charge in [0.1, 0.15) is 0 Å². The first kappa shape index (κ1) is 19.1. The van der Waals surface area contributed by atoms with Crippen molar-refractivity contribution in [3.63, 3.8) is 0 Å². The van der Waals surface area contributed by atoms with E-state index in [1.165, 1.54) is 4.90 Å². The highest BCUT2D eigenvalue weighted by Crippen LogP contribution is 2.42. The molecule has 1 heterocycles. The van der Waals surface area contributed by atoms with Crippen molar-refractivity contribution in [2.45, 2.75) is 19.9 Å². The summed E-state index contributed by atoms with van der Waals surface area (Å²) in [4.78, 5) is 29.8. The molecule has 0 aromatic heterocycles. The predicted molar refractivity (Wildman–Crippen MR) is 124 cm³/mol. The largest absolute Gasteiger partial charge is 0.310 e. The molecule has 152 valence electrons. The molecule has 0 N–H and O–H groups in total. The Bertz CT molecular complexity index is 1240. The third-order valence-corrected chi connectivity index (χ3v) is 5.70. The van der Waals surface area contributed by atoms with Crippen LogP contribution in [0.25, 0.3) is 10.8 Å². The molecule has 5 rings (SSSR count). The van der Waals surface area contributed by atoms with E-state index in [1.807, 2.05) is 80.6 Å². The maximum atomic E-state index is 13.2. The molecule has 0 radical (unpaired) electrons. The first-order valence-corrected chi connectivity index (χ1v) is 10.4. The fourth-order valence-corrected chi connectivity index (χ4v) is 4.34. The molecule has 4 nitrogen and oxygen atoms in total. The van der Waals surface area contributed by atoms with E-state index in [1.54, 1.807) is 0 Å². The lowest BCUT2D eigenvalue weighted by atomic mass is 9.92. The van der Waals surface area contributed by atoms with Gasteiger partial charge >= 0.3 is 0 Å². The van der Waals surface area contributed by atoms with E-state index in [0.29, 0.717) is 11.1 Å². The monoisotopic (exact) mass is 406 g/mol. The van der Waals surface area contributed by atoms with Gasteiger partial charge in [-0.05, 0) is 56.3 Å². The molecule has 0 aliphatic carbocycles. The molecule has 4 aromatic rings. The Balaban J connectivity index is 1.80. The standard InChI is InChI=1S/C27H22N2O2/c1-18(2)28-26(30)22-15-9-14-21-24(17-16-23(25(21)22)27(28)31)29(19-10-5-3-6-11-19)20-12-7-4-8-13-20/h3-18H,1-2H3. The zero-order chi connectivity index (χ0) is 21.5. The third kappa shape index (κ3) is 2.99. The van der Waals surface area contributed by atoms with Crippen molar-refractivity contribution in [3.05, 3.63) is 102 Å². The molecular formula is C27H22N2O2. The van der Waals surface area contributed by atoms with Crippen molar-refractivity contribution in [2.24, 2.45) is 0 Å². The molecule has 0 unspecified atom stereocenters. The van der Waals surface area contributed by atoms with Crippen LogP contribution in [-0.4, -0.2) is 22.8 Å². The molecular weight excluding hydrogens is 384 g/mol. The minimum Gasteiger partial charge on any atom is -0.310 e. The van der Waals surface area contributed by atoms with Crippen molar-refractivity contribution < 1.29 is 9.59 Å². The Morgan fingerprint density at radius 3 is 1.74 bits per heavy atom. The van der Waals surface area contributed by atoms with Crippen molar-refractivity contribution in [2.75, 3.05) is 4.90 Å². The van der Waals surface area contributed by atoms with Crippen LogP contribution >= 0.6 is 0 Å².